The molecule has 4 heterocycles. The van der Waals surface area contributed by atoms with Gasteiger partial charge < -0.3 is 18.3 Å². The number of hydrogen-bond acceptors (Lipinski definition) is 0. The summed E-state index contributed by atoms with van der Waals surface area (Å²) < 4.78 is 9.81. The standard InChI is InChI=1S/C54H40N2.C49H34N2/c1-53(2)45-17-9-5-13-37(45)39-25-23-35(31-47(39)53)55-49-19-11-7-15-41(49)43-29-33(21-27-51(43)55)34-22-28-52-44(30-34)42-16-8-12-20-50(42)56(52)36-24-26-40-38-14-6-10-18-46(38)54(3,4)48(40)32-36;1-49(2)42-18-8-5-15-36(42)37-25-24-34(30-43(37)49)50-45-19-9-6-16-38(45)40-28-32(22-26-47(40)50)33-23-27-48-41(29-33)39-17-7-10-20-46(39)51(48)44-21-11-13-31-12-3-4-14-35(31)44/h5-32H,1-4H3;3-30H,1-2H3. The summed E-state index contributed by atoms with van der Waals surface area (Å²) in [6, 6.07) is 127. The quantitative estimate of drug-likeness (QED) is 0.158. The van der Waals surface area contributed by atoms with E-state index in [9.17, 15) is 0 Å². The lowest BCUT2D eigenvalue weighted by Crippen LogP contribution is -2.15. The molecule has 0 bridgehead atoms. The largest absolute Gasteiger partial charge is 0.309 e. The molecule has 0 amide bonds. The highest BCUT2D eigenvalue weighted by molar-refractivity contribution is 6.16. The van der Waals surface area contributed by atoms with Crippen LogP contribution in [-0.4, -0.2) is 18.3 Å². The zero-order valence-electron chi connectivity index (χ0n) is 60.6. The van der Waals surface area contributed by atoms with Gasteiger partial charge in [0.05, 0.1) is 49.8 Å². The van der Waals surface area contributed by atoms with E-state index in [4.69, 9.17) is 0 Å². The summed E-state index contributed by atoms with van der Waals surface area (Å²) in [6.45, 7) is 14.2. The van der Waals surface area contributed by atoms with Crippen LogP contribution in [0.25, 0.3) is 176 Å². The van der Waals surface area contributed by atoms with E-state index in [1.54, 1.807) is 0 Å². The van der Waals surface area contributed by atoms with Crippen molar-refractivity contribution in [1.82, 2.24) is 18.3 Å². The Morgan fingerprint density at radius 1 is 0.178 bits per heavy atom. The van der Waals surface area contributed by atoms with E-state index in [0.717, 1.165) is 0 Å². The van der Waals surface area contributed by atoms with E-state index in [1.807, 2.05) is 0 Å². The van der Waals surface area contributed by atoms with Crippen molar-refractivity contribution in [3.63, 3.8) is 0 Å². The normalized spacial score (nSPS) is 14.1. The molecule has 0 unspecified atom stereocenters. The highest BCUT2D eigenvalue weighted by Crippen LogP contribution is 2.54. The van der Waals surface area contributed by atoms with Gasteiger partial charge in [0.25, 0.3) is 0 Å². The first-order valence-corrected chi connectivity index (χ1v) is 37.7. The van der Waals surface area contributed by atoms with Crippen molar-refractivity contribution in [2.24, 2.45) is 0 Å². The lowest BCUT2D eigenvalue weighted by Gasteiger charge is -2.22. The molecule has 506 valence electrons. The van der Waals surface area contributed by atoms with E-state index >= 15 is 0 Å². The van der Waals surface area contributed by atoms with Gasteiger partial charge in [0, 0.05) is 81.8 Å². The monoisotopic (exact) mass is 1370 g/mol. The second-order valence-electron chi connectivity index (χ2n) is 31.5. The third-order valence-electron chi connectivity index (χ3n) is 24.8. The van der Waals surface area contributed by atoms with Gasteiger partial charge >= 0.3 is 0 Å². The lowest BCUT2D eigenvalue weighted by atomic mass is 9.82. The summed E-state index contributed by atoms with van der Waals surface area (Å²) in [6.07, 6.45) is 0. The van der Waals surface area contributed by atoms with E-state index in [0.29, 0.717) is 0 Å². The van der Waals surface area contributed by atoms with Crippen LogP contribution in [0.15, 0.2) is 340 Å². The van der Waals surface area contributed by atoms with Gasteiger partial charge in [-0.15, -0.1) is 0 Å². The minimum Gasteiger partial charge on any atom is -0.309 e. The molecule has 23 rings (SSSR count). The Bertz CT molecular complexity index is 7000. The Labute approximate surface area is 621 Å². The maximum atomic E-state index is 2.46. The van der Waals surface area contributed by atoms with Gasteiger partial charge in [-0.2, -0.15) is 0 Å². The Kier molecular flexibility index (Phi) is 12.9. The molecule has 0 fully saturated rings. The van der Waals surface area contributed by atoms with Crippen LogP contribution in [0.4, 0.5) is 0 Å². The number of rotatable bonds is 6. The first-order chi connectivity index (χ1) is 52.3. The zero-order valence-corrected chi connectivity index (χ0v) is 60.6. The van der Waals surface area contributed by atoms with Crippen LogP contribution in [0, 0.1) is 0 Å². The average molecular weight is 1370 g/mol. The fourth-order valence-corrected chi connectivity index (χ4v) is 19.6. The van der Waals surface area contributed by atoms with Gasteiger partial charge in [0.15, 0.2) is 0 Å². The van der Waals surface area contributed by atoms with Gasteiger partial charge in [-0.3, -0.25) is 0 Å². The van der Waals surface area contributed by atoms with Crippen LogP contribution >= 0.6 is 0 Å². The minimum atomic E-state index is -0.0569. The minimum absolute atomic E-state index is 0.0523. The Morgan fingerprint density at radius 2 is 0.439 bits per heavy atom. The molecule has 0 radical (unpaired) electrons. The topological polar surface area (TPSA) is 19.7 Å². The van der Waals surface area contributed by atoms with Crippen LogP contribution in [0.5, 0.6) is 0 Å². The SMILES string of the molecule is CC1(C)c2ccccc2-c2ccc(-n3c4ccccc4c4cc(-c5ccc6c(c5)c5ccccc5n6-c5ccc6c(c5)C(C)(C)c5ccccc5-6)ccc43)cc21.CC1(C)c2ccccc2-c2ccc(-n3c4ccccc4c4cc(-c5ccc6c(c5)c5ccccc5n6-c5cccc6ccccc56)ccc43)cc21. The number of hydrogen-bond donors (Lipinski definition) is 0. The molecule has 0 N–H and O–H groups in total. The molecule has 16 aromatic carbocycles. The van der Waals surface area contributed by atoms with Crippen LogP contribution < -0.4 is 0 Å². The molecule has 0 saturated carbocycles. The molecular weight excluding hydrogens is 1290 g/mol. The molecule has 4 heteroatoms. The summed E-state index contributed by atoms with van der Waals surface area (Å²) in [5.41, 5.74) is 35.8. The third-order valence-corrected chi connectivity index (χ3v) is 24.8. The number of nitrogens with zero attached hydrogens (tertiary/aromatic N) is 4. The molecule has 3 aliphatic carbocycles. The molecule has 107 heavy (non-hydrogen) atoms. The van der Waals surface area contributed by atoms with Gasteiger partial charge in [0.1, 0.15) is 0 Å². The summed E-state index contributed by atoms with van der Waals surface area (Å²) in [4.78, 5) is 0. The maximum absolute atomic E-state index is 2.46. The Morgan fingerprint density at radius 3 is 0.794 bits per heavy atom. The van der Waals surface area contributed by atoms with Crippen molar-refractivity contribution in [3.8, 4) is 78.4 Å². The molecule has 0 atom stereocenters. The molecule has 0 aliphatic heterocycles. The first kappa shape index (κ1) is 61.5. The summed E-state index contributed by atoms with van der Waals surface area (Å²) >= 11 is 0. The molecule has 20 aromatic rings. The highest BCUT2D eigenvalue weighted by Gasteiger charge is 2.39. The zero-order chi connectivity index (χ0) is 71.3. The number of fused-ring (bicyclic) bond motifs is 22. The fraction of sp³-hybridized carbons (Fsp3) is 0.0874. The summed E-state index contributed by atoms with van der Waals surface area (Å²) in [5.74, 6) is 0. The second kappa shape index (κ2) is 22.5. The predicted octanol–water partition coefficient (Wildman–Crippen LogP) is 27.2. The van der Waals surface area contributed by atoms with Crippen molar-refractivity contribution in [3.05, 3.63) is 373 Å². The van der Waals surface area contributed by atoms with Crippen molar-refractivity contribution in [2.75, 3.05) is 0 Å². The smallest absolute Gasteiger partial charge is 0.0541 e. The summed E-state index contributed by atoms with van der Waals surface area (Å²) in [5, 5.41) is 12.6. The van der Waals surface area contributed by atoms with Gasteiger partial charge in [-0.05, 0) is 210 Å². The van der Waals surface area contributed by atoms with Gasteiger partial charge in [0.2, 0.25) is 0 Å². The number of benzene rings is 16. The fourth-order valence-electron chi connectivity index (χ4n) is 19.6. The third kappa shape index (κ3) is 8.79. The maximum Gasteiger partial charge on any atom is 0.0541 e. The average Bonchev–Trinajstić information content (AvgIpc) is 1.58. The van der Waals surface area contributed by atoms with Crippen molar-refractivity contribution >= 4 is 98.0 Å². The molecule has 3 aliphatic rings. The molecule has 0 spiro atoms. The van der Waals surface area contributed by atoms with E-state index in [2.05, 4.69) is 400 Å². The van der Waals surface area contributed by atoms with Crippen LogP contribution in [0.3, 0.4) is 0 Å². The van der Waals surface area contributed by atoms with Gasteiger partial charge in [-0.1, -0.05) is 266 Å². The van der Waals surface area contributed by atoms with E-state index in [-0.39, 0.29) is 16.2 Å². The predicted molar refractivity (Wildman–Crippen MR) is 451 cm³/mol. The number of para-hydroxylation sites is 4. The summed E-state index contributed by atoms with van der Waals surface area (Å²) in [7, 11) is 0. The molecule has 4 nitrogen and oxygen atoms in total. The Hall–Kier alpha value is -13.0. The van der Waals surface area contributed by atoms with Crippen LogP contribution in [0.2, 0.25) is 0 Å². The lowest BCUT2D eigenvalue weighted by molar-refractivity contribution is 0.660. The van der Waals surface area contributed by atoms with E-state index in [1.165, 1.54) is 210 Å². The van der Waals surface area contributed by atoms with Crippen molar-refractivity contribution in [2.45, 2.75) is 57.8 Å². The van der Waals surface area contributed by atoms with Crippen LogP contribution in [0.1, 0.15) is 74.9 Å². The second-order valence-corrected chi connectivity index (χ2v) is 31.5. The first-order valence-electron chi connectivity index (χ1n) is 37.7. The van der Waals surface area contributed by atoms with Crippen LogP contribution in [-0.2, 0) is 16.2 Å². The van der Waals surface area contributed by atoms with Crippen molar-refractivity contribution in [1.29, 1.82) is 0 Å². The Balaban J connectivity index is 0.000000134. The molecular formula is C103H74N4. The molecule has 0 saturated heterocycles. The highest BCUT2D eigenvalue weighted by atomic mass is 15.0. The van der Waals surface area contributed by atoms with Crippen molar-refractivity contribution < 1.29 is 0 Å². The number of aromatic nitrogens is 4. The van der Waals surface area contributed by atoms with Gasteiger partial charge in [-0.25, -0.2) is 0 Å². The van der Waals surface area contributed by atoms with E-state index < -0.39 is 0 Å². The molecule has 4 aromatic heterocycles.